The zero-order valence-corrected chi connectivity index (χ0v) is 18.2. The number of halogens is 1. The molecule has 1 atom stereocenters. The largest absolute Gasteiger partial charge is 0.493 e. The Morgan fingerprint density at radius 1 is 1.17 bits per heavy atom. The lowest BCUT2D eigenvalue weighted by molar-refractivity contribution is -0.123. The van der Waals surface area contributed by atoms with Crippen molar-refractivity contribution in [1.82, 2.24) is 10.7 Å². The molecule has 0 radical (unpaired) electrons. The highest BCUT2D eigenvalue weighted by Gasteiger charge is 2.24. The molecule has 1 unspecified atom stereocenters. The average molecular weight is 432 g/mol. The van der Waals surface area contributed by atoms with Crippen LogP contribution in [-0.2, 0) is 4.79 Å². The van der Waals surface area contributed by atoms with E-state index >= 15 is 0 Å². The second-order valence-corrected chi connectivity index (χ2v) is 7.22. The van der Waals surface area contributed by atoms with Gasteiger partial charge in [0.25, 0.3) is 11.8 Å². The van der Waals surface area contributed by atoms with Crippen LogP contribution in [0.2, 0.25) is 5.02 Å². The normalized spacial score (nSPS) is 11.9. The van der Waals surface area contributed by atoms with Crippen LogP contribution < -0.4 is 20.2 Å². The maximum Gasteiger partial charge on any atom is 0.262 e. The van der Waals surface area contributed by atoms with E-state index in [4.69, 9.17) is 21.1 Å². The van der Waals surface area contributed by atoms with Gasteiger partial charge in [-0.25, -0.2) is 5.43 Å². The van der Waals surface area contributed by atoms with Crippen molar-refractivity contribution < 1.29 is 19.1 Å². The van der Waals surface area contributed by atoms with Crippen LogP contribution in [0.1, 0.15) is 36.7 Å². The van der Waals surface area contributed by atoms with Gasteiger partial charge in [-0.2, -0.15) is 5.10 Å². The summed E-state index contributed by atoms with van der Waals surface area (Å²) in [4.78, 5) is 25.0. The van der Waals surface area contributed by atoms with Gasteiger partial charge in [0.2, 0.25) is 0 Å². The van der Waals surface area contributed by atoms with Crippen LogP contribution in [0, 0.1) is 5.92 Å². The summed E-state index contributed by atoms with van der Waals surface area (Å²) in [5.74, 6) is 0.251. The van der Waals surface area contributed by atoms with Crippen LogP contribution in [0.5, 0.6) is 11.5 Å². The Labute approximate surface area is 181 Å². The fraction of sp³-hybridized carbons (Fsp3) is 0.318. The molecule has 2 rings (SSSR count). The summed E-state index contributed by atoms with van der Waals surface area (Å²) in [5.41, 5.74) is 3.58. The van der Waals surface area contributed by atoms with Crippen LogP contribution >= 0.6 is 11.6 Å². The summed E-state index contributed by atoms with van der Waals surface area (Å²) >= 11 is 5.93. The summed E-state index contributed by atoms with van der Waals surface area (Å²) in [6.45, 7) is 6.09. The van der Waals surface area contributed by atoms with Gasteiger partial charge < -0.3 is 14.8 Å². The van der Waals surface area contributed by atoms with Gasteiger partial charge in [-0.3, -0.25) is 9.59 Å². The Morgan fingerprint density at radius 2 is 1.93 bits per heavy atom. The third-order valence-corrected chi connectivity index (χ3v) is 4.43. The highest BCUT2D eigenvalue weighted by atomic mass is 35.5. The molecule has 0 aliphatic heterocycles. The number of ether oxygens (including phenoxy) is 2. The molecule has 2 N–H and O–H groups in total. The molecule has 2 amide bonds. The lowest BCUT2D eigenvalue weighted by atomic mass is 10.0. The third-order valence-electron chi connectivity index (χ3n) is 4.20. The Morgan fingerprint density at radius 3 is 2.57 bits per heavy atom. The summed E-state index contributed by atoms with van der Waals surface area (Å²) in [5, 5.41) is 7.17. The van der Waals surface area contributed by atoms with E-state index in [2.05, 4.69) is 15.8 Å². The lowest BCUT2D eigenvalue weighted by Gasteiger charge is -2.20. The monoisotopic (exact) mass is 431 g/mol. The number of methoxy groups -OCH3 is 1. The van der Waals surface area contributed by atoms with Gasteiger partial charge in [0, 0.05) is 10.6 Å². The number of benzene rings is 2. The fourth-order valence-electron chi connectivity index (χ4n) is 2.67. The average Bonchev–Trinajstić information content (AvgIpc) is 2.72. The lowest BCUT2D eigenvalue weighted by Crippen LogP contribution is -2.48. The van der Waals surface area contributed by atoms with Crippen molar-refractivity contribution >= 4 is 29.6 Å². The minimum absolute atomic E-state index is 0.145. The molecule has 8 heteroatoms. The van der Waals surface area contributed by atoms with E-state index in [0.29, 0.717) is 28.7 Å². The zero-order chi connectivity index (χ0) is 22.1. The van der Waals surface area contributed by atoms with Crippen molar-refractivity contribution in [3.63, 3.8) is 0 Å². The molecule has 0 saturated heterocycles. The van der Waals surface area contributed by atoms with Crippen LogP contribution in [0.15, 0.2) is 47.6 Å². The van der Waals surface area contributed by atoms with Gasteiger partial charge >= 0.3 is 0 Å². The fourth-order valence-corrected chi connectivity index (χ4v) is 2.86. The number of rotatable bonds is 9. The number of nitrogens with zero attached hydrogens (tertiary/aromatic N) is 1. The van der Waals surface area contributed by atoms with Crippen molar-refractivity contribution in [3.8, 4) is 11.5 Å². The predicted molar refractivity (Wildman–Crippen MR) is 117 cm³/mol. The molecule has 0 aliphatic rings. The third kappa shape index (κ3) is 6.49. The number of carbonyl (C=O) groups is 2. The van der Waals surface area contributed by atoms with Gasteiger partial charge in [-0.1, -0.05) is 31.5 Å². The Hall–Kier alpha value is -3.06. The van der Waals surface area contributed by atoms with E-state index in [1.54, 1.807) is 49.6 Å². The summed E-state index contributed by atoms with van der Waals surface area (Å²) in [6, 6.07) is 11.1. The van der Waals surface area contributed by atoms with Crippen LogP contribution in [0.3, 0.4) is 0 Å². The van der Waals surface area contributed by atoms with E-state index in [1.807, 2.05) is 20.8 Å². The summed E-state index contributed by atoms with van der Waals surface area (Å²) in [6.07, 6.45) is 1.49. The molecule has 2 aromatic rings. The van der Waals surface area contributed by atoms with Gasteiger partial charge in [-0.05, 0) is 54.8 Å². The van der Waals surface area contributed by atoms with Crippen LogP contribution in [0.25, 0.3) is 0 Å². The molecular weight excluding hydrogens is 406 g/mol. The smallest absolute Gasteiger partial charge is 0.262 e. The molecule has 0 fully saturated rings. The molecule has 7 nitrogen and oxygen atoms in total. The van der Waals surface area contributed by atoms with E-state index in [9.17, 15) is 9.59 Å². The molecule has 0 heterocycles. The maximum atomic E-state index is 12.6. The summed E-state index contributed by atoms with van der Waals surface area (Å²) < 4.78 is 10.8. The van der Waals surface area contributed by atoms with Crippen molar-refractivity contribution in [3.05, 3.63) is 58.6 Å². The molecule has 0 aliphatic carbocycles. The quantitative estimate of drug-likeness (QED) is 0.468. The minimum atomic E-state index is -0.761. The molecular formula is C22H26ClN3O4. The highest BCUT2D eigenvalue weighted by Crippen LogP contribution is 2.27. The van der Waals surface area contributed by atoms with Gasteiger partial charge in [0.1, 0.15) is 6.04 Å². The van der Waals surface area contributed by atoms with Gasteiger partial charge in [0.05, 0.1) is 19.9 Å². The number of hydrogen-bond donors (Lipinski definition) is 2. The molecule has 0 spiro atoms. The Bertz CT molecular complexity index is 915. The zero-order valence-electron chi connectivity index (χ0n) is 17.4. The second-order valence-electron chi connectivity index (χ2n) is 6.78. The molecule has 0 aromatic heterocycles. The maximum absolute atomic E-state index is 12.6. The standard InChI is InChI=1S/C22H26ClN3O4/c1-5-30-18-10-9-15(11-19(18)29-4)13-24-26-22(28)20(14(2)3)25-21(27)16-7-6-8-17(23)12-16/h6-14,20H,5H2,1-4H3,(H,25,27)(H,26,28). The van der Waals surface area contributed by atoms with Crippen LogP contribution in [-0.4, -0.2) is 37.8 Å². The second kappa shape index (κ2) is 11.2. The topological polar surface area (TPSA) is 89.0 Å². The van der Waals surface area contributed by atoms with Crippen LogP contribution in [0.4, 0.5) is 0 Å². The number of amides is 2. The Balaban J connectivity index is 2.04. The van der Waals surface area contributed by atoms with Gasteiger partial charge in [-0.15, -0.1) is 0 Å². The minimum Gasteiger partial charge on any atom is -0.493 e. The van der Waals surface area contributed by atoms with Crippen molar-refractivity contribution in [2.24, 2.45) is 11.0 Å². The Kier molecular flexibility index (Phi) is 8.68. The van der Waals surface area contributed by atoms with Crippen molar-refractivity contribution in [2.75, 3.05) is 13.7 Å². The predicted octanol–water partition coefficient (Wildman–Crippen LogP) is 3.65. The van der Waals surface area contributed by atoms with Crippen molar-refractivity contribution in [2.45, 2.75) is 26.8 Å². The number of carbonyl (C=O) groups excluding carboxylic acids is 2. The number of nitrogens with one attached hydrogen (secondary N) is 2. The molecule has 0 bridgehead atoms. The molecule has 0 saturated carbocycles. The first-order valence-corrected chi connectivity index (χ1v) is 9.93. The first-order chi connectivity index (χ1) is 14.3. The summed E-state index contributed by atoms with van der Waals surface area (Å²) in [7, 11) is 1.55. The van der Waals surface area contributed by atoms with E-state index < -0.39 is 11.9 Å². The molecule has 160 valence electrons. The SMILES string of the molecule is CCOc1ccc(C=NNC(=O)C(NC(=O)c2cccc(Cl)c2)C(C)C)cc1OC. The molecule has 30 heavy (non-hydrogen) atoms. The highest BCUT2D eigenvalue weighted by molar-refractivity contribution is 6.31. The van der Waals surface area contributed by atoms with Gasteiger partial charge in [0.15, 0.2) is 11.5 Å². The first-order valence-electron chi connectivity index (χ1n) is 9.55. The van der Waals surface area contributed by atoms with E-state index in [0.717, 1.165) is 5.56 Å². The van der Waals surface area contributed by atoms with E-state index in [1.165, 1.54) is 6.21 Å². The molecule has 2 aromatic carbocycles. The van der Waals surface area contributed by atoms with E-state index in [-0.39, 0.29) is 11.8 Å². The number of hydrogen-bond acceptors (Lipinski definition) is 5. The van der Waals surface area contributed by atoms with Crippen molar-refractivity contribution in [1.29, 1.82) is 0 Å². The number of hydrazone groups is 1. The first kappa shape index (κ1) is 23.2.